The van der Waals surface area contributed by atoms with Gasteiger partial charge >= 0.3 is 0 Å². The molecule has 6 nitrogen and oxygen atoms in total. The summed E-state index contributed by atoms with van der Waals surface area (Å²) in [7, 11) is -3.34. The summed E-state index contributed by atoms with van der Waals surface area (Å²) in [5.74, 6) is 0.680. The van der Waals surface area contributed by atoms with Crippen molar-refractivity contribution in [1.82, 2.24) is 14.9 Å². The van der Waals surface area contributed by atoms with Gasteiger partial charge in [-0.25, -0.2) is 13.4 Å². The minimum atomic E-state index is -3.34. The van der Waals surface area contributed by atoms with Gasteiger partial charge in [-0.3, -0.25) is 4.79 Å². The number of nitrogens with one attached hydrogen (secondary N) is 1. The second kappa shape index (κ2) is 5.39. The van der Waals surface area contributed by atoms with Gasteiger partial charge in [0, 0.05) is 18.8 Å². The number of amides is 1. The molecule has 0 aliphatic carbocycles. The van der Waals surface area contributed by atoms with E-state index in [0.29, 0.717) is 13.1 Å². The van der Waals surface area contributed by atoms with Gasteiger partial charge in [0.1, 0.15) is 11.1 Å². The normalized spacial score (nSPS) is 17.5. The van der Waals surface area contributed by atoms with E-state index in [2.05, 4.69) is 9.97 Å². The van der Waals surface area contributed by atoms with E-state index in [1.54, 1.807) is 11.8 Å². The van der Waals surface area contributed by atoms with Crippen LogP contribution in [0.2, 0.25) is 0 Å². The summed E-state index contributed by atoms with van der Waals surface area (Å²) < 4.78 is 23.6. The molecule has 2 aromatic rings. The van der Waals surface area contributed by atoms with E-state index in [9.17, 15) is 13.2 Å². The highest BCUT2D eigenvalue weighted by Crippen LogP contribution is 2.27. The number of fused-ring (bicyclic) bond motifs is 1. The number of hydrogen-bond acceptors (Lipinski definition) is 4. The standard InChI is InChI=1S/C15H19N3O3S/c1-3-22(20,21)10(2)15(19)18-8-11(9-18)14-16-12-6-4-5-7-13(12)17-14/h4-7,10-11H,3,8-9H2,1-2H3,(H,16,17)/t10-/m0/s1. The molecule has 118 valence electrons. The maximum atomic E-state index is 12.2. The number of sulfone groups is 1. The third-order valence-corrected chi connectivity index (χ3v) is 6.36. The third kappa shape index (κ3) is 2.49. The highest BCUT2D eigenvalue weighted by molar-refractivity contribution is 7.92. The predicted octanol–water partition coefficient (Wildman–Crippen LogP) is 1.31. The fourth-order valence-electron chi connectivity index (χ4n) is 2.66. The molecule has 1 N–H and O–H groups in total. The number of para-hydroxylation sites is 2. The summed E-state index contributed by atoms with van der Waals surface area (Å²) in [5.41, 5.74) is 1.88. The number of nitrogens with zero attached hydrogens (tertiary/aromatic N) is 2. The van der Waals surface area contributed by atoms with Crippen LogP contribution >= 0.6 is 0 Å². The number of benzene rings is 1. The summed E-state index contributed by atoms with van der Waals surface area (Å²) in [6.45, 7) is 4.06. The number of imidazole rings is 1. The van der Waals surface area contributed by atoms with Gasteiger partial charge in [0.2, 0.25) is 5.91 Å². The average molecular weight is 321 g/mol. The van der Waals surface area contributed by atoms with Gasteiger partial charge in [-0.05, 0) is 19.1 Å². The van der Waals surface area contributed by atoms with Crippen molar-refractivity contribution in [3.8, 4) is 0 Å². The molecule has 7 heteroatoms. The first-order chi connectivity index (χ1) is 10.4. The van der Waals surface area contributed by atoms with E-state index >= 15 is 0 Å². The summed E-state index contributed by atoms with van der Waals surface area (Å²) in [5, 5.41) is -0.964. The minimum absolute atomic E-state index is 0.0131. The molecular weight excluding hydrogens is 302 g/mol. The minimum Gasteiger partial charge on any atom is -0.342 e. The van der Waals surface area contributed by atoms with Crippen LogP contribution in [0.15, 0.2) is 24.3 Å². The first-order valence-corrected chi connectivity index (χ1v) is 9.09. The van der Waals surface area contributed by atoms with Crippen molar-refractivity contribution in [1.29, 1.82) is 0 Å². The van der Waals surface area contributed by atoms with Crippen LogP contribution < -0.4 is 0 Å². The Balaban J connectivity index is 1.68. The SMILES string of the molecule is CCS(=O)(=O)[C@@H](C)C(=O)N1CC(c2nc3ccccc3[nH]2)C1. The fraction of sp³-hybridized carbons (Fsp3) is 0.467. The molecule has 1 aromatic heterocycles. The fourth-order valence-corrected chi connectivity index (χ4v) is 3.61. The monoisotopic (exact) mass is 321 g/mol. The van der Waals surface area contributed by atoms with Crippen molar-refractivity contribution in [2.75, 3.05) is 18.8 Å². The highest BCUT2D eigenvalue weighted by atomic mass is 32.2. The van der Waals surface area contributed by atoms with E-state index in [1.807, 2.05) is 24.3 Å². The first kappa shape index (κ1) is 15.0. The Bertz CT molecular complexity index is 773. The lowest BCUT2D eigenvalue weighted by atomic mass is 9.99. The molecule has 3 rings (SSSR count). The topological polar surface area (TPSA) is 83.1 Å². The lowest BCUT2D eigenvalue weighted by Crippen LogP contribution is -2.53. The van der Waals surface area contributed by atoms with Gasteiger partial charge in [0.05, 0.1) is 17.0 Å². The number of aromatic nitrogens is 2. The Labute approximate surface area is 129 Å². The Morgan fingerprint density at radius 1 is 1.41 bits per heavy atom. The molecule has 22 heavy (non-hydrogen) atoms. The summed E-state index contributed by atoms with van der Waals surface area (Å²) in [6, 6.07) is 7.77. The van der Waals surface area contributed by atoms with Crippen LogP contribution in [-0.2, 0) is 14.6 Å². The Kier molecular flexibility index (Phi) is 3.68. The smallest absolute Gasteiger partial charge is 0.240 e. The average Bonchev–Trinajstić information content (AvgIpc) is 2.87. The molecule has 2 heterocycles. The number of likely N-dealkylation sites (tertiary alicyclic amines) is 1. The second-order valence-electron chi connectivity index (χ2n) is 5.67. The molecule has 1 atom stereocenters. The molecule has 0 spiro atoms. The van der Waals surface area contributed by atoms with Gasteiger partial charge in [-0.15, -0.1) is 0 Å². The molecule has 0 bridgehead atoms. The van der Waals surface area contributed by atoms with Gasteiger partial charge in [0.15, 0.2) is 9.84 Å². The van der Waals surface area contributed by atoms with Crippen molar-refractivity contribution in [3.63, 3.8) is 0 Å². The molecule has 0 unspecified atom stereocenters. The van der Waals surface area contributed by atoms with Crippen LogP contribution in [-0.4, -0.2) is 53.3 Å². The van der Waals surface area contributed by atoms with Gasteiger partial charge in [-0.2, -0.15) is 0 Å². The lowest BCUT2D eigenvalue weighted by molar-refractivity contribution is -0.134. The second-order valence-corrected chi connectivity index (χ2v) is 8.28. The third-order valence-electron chi connectivity index (χ3n) is 4.28. The maximum Gasteiger partial charge on any atom is 0.240 e. The summed E-state index contributed by atoms with van der Waals surface area (Å²) in [4.78, 5) is 21.6. The Hall–Kier alpha value is -1.89. The quantitative estimate of drug-likeness (QED) is 0.920. The molecule has 1 fully saturated rings. The predicted molar refractivity (Wildman–Crippen MR) is 84.3 cm³/mol. The molecule has 1 aromatic carbocycles. The van der Waals surface area contributed by atoms with Crippen LogP contribution in [0, 0.1) is 0 Å². The van der Waals surface area contributed by atoms with Crippen LogP contribution in [0.1, 0.15) is 25.6 Å². The molecule has 1 saturated heterocycles. The van der Waals surface area contributed by atoms with Crippen LogP contribution in [0.3, 0.4) is 0 Å². The van der Waals surface area contributed by atoms with E-state index < -0.39 is 15.1 Å². The Morgan fingerprint density at radius 3 is 2.73 bits per heavy atom. The number of hydrogen-bond donors (Lipinski definition) is 1. The molecule has 1 amide bonds. The summed E-state index contributed by atoms with van der Waals surface area (Å²) >= 11 is 0. The zero-order valence-corrected chi connectivity index (χ0v) is 13.4. The highest BCUT2D eigenvalue weighted by Gasteiger charge is 2.38. The molecule has 0 saturated carbocycles. The van der Waals surface area contributed by atoms with Crippen molar-refractivity contribution in [2.45, 2.75) is 25.0 Å². The van der Waals surface area contributed by atoms with Crippen LogP contribution in [0.5, 0.6) is 0 Å². The van der Waals surface area contributed by atoms with Crippen molar-refractivity contribution in [3.05, 3.63) is 30.1 Å². The number of carbonyl (C=O) groups is 1. The van der Waals surface area contributed by atoms with Crippen LogP contribution in [0.25, 0.3) is 11.0 Å². The lowest BCUT2D eigenvalue weighted by Gasteiger charge is -2.39. The van der Waals surface area contributed by atoms with Crippen LogP contribution in [0.4, 0.5) is 0 Å². The van der Waals surface area contributed by atoms with E-state index in [0.717, 1.165) is 16.9 Å². The number of rotatable bonds is 4. The van der Waals surface area contributed by atoms with E-state index in [1.165, 1.54) is 6.92 Å². The largest absolute Gasteiger partial charge is 0.342 e. The molecule has 1 aliphatic heterocycles. The zero-order chi connectivity index (χ0) is 15.9. The molecular formula is C15H19N3O3S. The Morgan fingerprint density at radius 2 is 2.09 bits per heavy atom. The number of carbonyl (C=O) groups excluding carboxylic acids is 1. The first-order valence-electron chi connectivity index (χ1n) is 7.37. The van der Waals surface area contributed by atoms with Gasteiger partial charge in [0.25, 0.3) is 0 Å². The number of aromatic amines is 1. The van der Waals surface area contributed by atoms with Crippen molar-refractivity contribution >= 4 is 26.8 Å². The van der Waals surface area contributed by atoms with Gasteiger partial charge in [-0.1, -0.05) is 19.1 Å². The zero-order valence-electron chi connectivity index (χ0n) is 12.6. The van der Waals surface area contributed by atoms with Crippen molar-refractivity contribution < 1.29 is 13.2 Å². The van der Waals surface area contributed by atoms with Gasteiger partial charge < -0.3 is 9.88 Å². The molecule has 0 radical (unpaired) electrons. The summed E-state index contributed by atoms with van der Waals surface area (Å²) in [6.07, 6.45) is 0. The van der Waals surface area contributed by atoms with Crippen molar-refractivity contribution in [2.24, 2.45) is 0 Å². The maximum absolute atomic E-state index is 12.2. The van der Waals surface area contributed by atoms with E-state index in [-0.39, 0.29) is 17.6 Å². The van der Waals surface area contributed by atoms with E-state index in [4.69, 9.17) is 0 Å². The number of H-pyrrole nitrogens is 1. The molecule has 1 aliphatic rings.